The van der Waals surface area contributed by atoms with Crippen molar-refractivity contribution >= 4 is 15.6 Å². The van der Waals surface area contributed by atoms with Crippen LogP contribution < -0.4 is 0 Å². The number of carbonyl (C=O) groups is 1. The summed E-state index contributed by atoms with van der Waals surface area (Å²) < 4.78 is 22.3. The molecule has 0 heterocycles. The van der Waals surface area contributed by atoms with Gasteiger partial charge in [-0.05, 0) is 56.8 Å². The number of fused-ring (bicyclic) bond motifs is 1. The zero-order valence-corrected chi connectivity index (χ0v) is 19.2. The Balaban J connectivity index is 1.84. The highest BCUT2D eigenvalue weighted by Crippen LogP contribution is 2.50. The van der Waals surface area contributed by atoms with E-state index in [4.69, 9.17) is 0 Å². The number of hydrogen-bond donors (Lipinski definition) is 2. The maximum Gasteiger partial charge on any atom is 0.154 e. The Morgan fingerprint density at radius 3 is 2.73 bits per heavy atom. The van der Waals surface area contributed by atoms with Gasteiger partial charge in [0.1, 0.15) is 11.5 Å². The molecule has 5 nitrogen and oxygen atoms in total. The van der Waals surface area contributed by atoms with E-state index in [0.717, 1.165) is 31.9 Å². The SMILES string of the molecule is CC#CCC(C)[C@H](O)/C=C/[C@@H]1[C@H]2C/C(=C/CCCC(=O)CS(C)(=O)=O)C[C@H]2C[C@H]1O. The van der Waals surface area contributed by atoms with Crippen molar-refractivity contribution in [1.82, 2.24) is 0 Å². The van der Waals surface area contributed by atoms with Crippen LogP contribution in [0, 0.1) is 35.5 Å². The zero-order valence-electron chi connectivity index (χ0n) is 18.4. The largest absolute Gasteiger partial charge is 0.392 e. The van der Waals surface area contributed by atoms with Gasteiger partial charge in [0.05, 0.1) is 12.2 Å². The van der Waals surface area contributed by atoms with Gasteiger partial charge in [0, 0.05) is 25.0 Å². The smallest absolute Gasteiger partial charge is 0.154 e. The van der Waals surface area contributed by atoms with Gasteiger partial charge in [0.2, 0.25) is 0 Å². The Labute approximate surface area is 181 Å². The van der Waals surface area contributed by atoms with E-state index in [1.165, 1.54) is 5.57 Å². The second kappa shape index (κ2) is 11.3. The monoisotopic (exact) mass is 436 g/mol. The fourth-order valence-electron chi connectivity index (χ4n) is 4.73. The average molecular weight is 437 g/mol. The lowest BCUT2D eigenvalue weighted by atomic mass is 9.89. The Morgan fingerprint density at radius 1 is 1.33 bits per heavy atom. The molecule has 0 bridgehead atoms. The molecule has 0 aromatic heterocycles. The molecular formula is C24H36O5S. The second-order valence-corrected chi connectivity index (χ2v) is 11.2. The molecule has 2 saturated carbocycles. The summed E-state index contributed by atoms with van der Waals surface area (Å²) in [7, 11) is -3.24. The summed E-state index contributed by atoms with van der Waals surface area (Å²) in [5.41, 5.74) is 1.37. The highest BCUT2D eigenvalue weighted by atomic mass is 32.2. The number of rotatable bonds is 10. The maximum atomic E-state index is 11.7. The van der Waals surface area contributed by atoms with Crippen molar-refractivity contribution < 1.29 is 23.4 Å². The highest BCUT2D eigenvalue weighted by Gasteiger charge is 2.44. The maximum absolute atomic E-state index is 11.7. The number of aliphatic hydroxyl groups is 2. The quantitative estimate of drug-likeness (QED) is 0.312. The van der Waals surface area contributed by atoms with Gasteiger partial charge >= 0.3 is 0 Å². The van der Waals surface area contributed by atoms with Crippen molar-refractivity contribution in [1.29, 1.82) is 0 Å². The molecule has 2 aliphatic carbocycles. The molecule has 0 saturated heterocycles. The molecule has 168 valence electrons. The Hall–Kier alpha value is -1.42. The van der Waals surface area contributed by atoms with Gasteiger partial charge < -0.3 is 10.2 Å². The summed E-state index contributed by atoms with van der Waals surface area (Å²) in [6.45, 7) is 3.77. The fraction of sp³-hybridized carbons (Fsp3) is 0.708. The summed E-state index contributed by atoms with van der Waals surface area (Å²) in [6, 6.07) is 0. The van der Waals surface area contributed by atoms with Crippen molar-refractivity contribution in [2.24, 2.45) is 23.7 Å². The number of allylic oxidation sites excluding steroid dienone is 2. The molecule has 0 aliphatic heterocycles. The van der Waals surface area contributed by atoms with Crippen LogP contribution in [0.3, 0.4) is 0 Å². The van der Waals surface area contributed by atoms with Crippen LogP contribution in [0.25, 0.3) is 0 Å². The van der Waals surface area contributed by atoms with E-state index in [1.54, 1.807) is 6.92 Å². The van der Waals surface area contributed by atoms with Crippen LogP contribution in [-0.2, 0) is 14.6 Å². The number of carbonyl (C=O) groups excluding carboxylic acids is 1. The van der Waals surface area contributed by atoms with E-state index in [-0.39, 0.29) is 29.5 Å². The minimum Gasteiger partial charge on any atom is -0.392 e. The van der Waals surface area contributed by atoms with Gasteiger partial charge in [-0.25, -0.2) is 8.42 Å². The van der Waals surface area contributed by atoms with Crippen LogP contribution in [0.5, 0.6) is 0 Å². The predicted octanol–water partition coefficient (Wildman–Crippen LogP) is 3.07. The standard InChI is InChI=1S/C24H36O5S/c1-4-5-8-17(2)23(26)12-11-21-22-14-18(13-19(22)15-24(21)27)9-6-7-10-20(25)16-30(3,28)29/h9,11-12,17,19,21-24,26-27H,6-8,10,13-16H2,1-3H3/b12-11+,18-9+/t17?,19-,21+,22-,23+,24+/m0/s1. The third kappa shape index (κ3) is 7.68. The van der Waals surface area contributed by atoms with E-state index in [9.17, 15) is 23.4 Å². The van der Waals surface area contributed by atoms with Crippen molar-refractivity contribution in [2.45, 2.75) is 71.0 Å². The lowest BCUT2D eigenvalue weighted by Gasteiger charge is -2.19. The minimum absolute atomic E-state index is 0.0625. The molecule has 30 heavy (non-hydrogen) atoms. The van der Waals surface area contributed by atoms with E-state index in [1.807, 2.05) is 19.1 Å². The van der Waals surface area contributed by atoms with E-state index >= 15 is 0 Å². The Kier molecular flexibility index (Phi) is 9.33. The van der Waals surface area contributed by atoms with Gasteiger partial charge in [0.25, 0.3) is 0 Å². The van der Waals surface area contributed by atoms with Crippen molar-refractivity contribution in [2.75, 3.05) is 12.0 Å². The van der Waals surface area contributed by atoms with Gasteiger partial charge in [-0.15, -0.1) is 11.8 Å². The summed E-state index contributed by atoms with van der Waals surface area (Å²) >= 11 is 0. The number of aliphatic hydroxyl groups excluding tert-OH is 2. The molecule has 6 atom stereocenters. The molecule has 0 aromatic carbocycles. The van der Waals surface area contributed by atoms with Crippen molar-refractivity contribution in [3.63, 3.8) is 0 Å². The molecule has 0 radical (unpaired) electrons. The molecular weight excluding hydrogens is 400 g/mol. The summed E-state index contributed by atoms with van der Waals surface area (Å²) in [5, 5.41) is 20.8. The van der Waals surface area contributed by atoms with Gasteiger partial charge in [-0.3, -0.25) is 4.79 Å². The molecule has 0 spiro atoms. The summed E-state index contributed by atoms with van der Waals surface area (Å²) in [5.74, 6) is 6.26. The number of Topliss-reactive ketones (excluding diaryl/α,β-unsaturated/α-hetero) is 1. The normalized spacial score (nSPS) is 29.6. The van der Waals surface area contributed by atoms with Gasteiger partial charge in [-0.1, -0.05) is 30.7 Å². The molecule has 2 aliphatic rings. The Morgan fingerprint density at radius 2 is 2.07 bits per heavy atom. The lowest BCUT2D eigenvalue weighted by molar-refractivity contribution is -0.116. The first kappa shape index (κ1) is 24.8. The topological polar surface area (TPSA) is 91.7 Å². The third-order valence-electron chi connectivity index (χ3n) is 6.34. The van der Waals surface area contributed by atoms with Crippen molar-refractivity contribution in [3.05, 3.63) is 23.8 Å². The highest BCUT2D eigenvalue weighted by molar-refractivity contribution is 7.91. The lowest BCUT2D eigenvalue weighted by Crippen LogP contribution is -2.19. The molecule has 0 amide bonds. The molecule has 0 aromatic rings. The first-order chi connectivity index (χ1) is 14.1. The van der Waals surface area contributed by atoms with E-state index in [2.05, 4.69) is 17.9 Å². The number of ketones is 1. The average Bonchev–Trinajstić information content (AvgIpc) is 3.16. The van der Waals surface area contributed by atoms with E-state index in [0.29, 0.717) is 31.1 Å². The first-order valence-corrected chi connectivity index (χ1v) is 13.0. The van der Waals surface area contributed by atoms with Crippen LogP contribution in [0.15, 0.2) is 23.8 Å². The van der Waals surface area contributed by atoms with E-state index < -0.39 is 15.9 Å². The molecule has 6 heteroatoms. The zero-order chi connectivity index (χ0) is 22.3. The molecule has 1 unspecified atom stereocenters. The number of sulfone groups is 1. The van der Waals surface area contributed by atoms with Crippen LogP contribution in [0.2, 0.25) is 0 Å². The first-order valence-electron chi connectivity index (χ1n) is 10.9. The fourth-order valence-corrected chi connectivity index (χ4v) is 5.45. The van der Waals surface area contributed by atoms with Crippen LogP contribution in [0.1, 0.15) is 58.8 Å². The third-order valence-corrected chi connectivity index (χ3v) is 7.19. The number of hydrogen-bond acceptors (Lipinski definition) is 5. The summed E-state index contributed by atoms with van der Waals surface area (Å²) in [6.07, 6.45) is 11.3. The Bertz CT molecular complexity index is 814. The molecule has 2 fully saturated rings. The number of unbranched alkanes of at least 4 members (excludes halogenated alkanes) is 1. The van der Waals surface area contributed by atoms with Crippen LogP contribution in [-0.4, -0.2) is 48.6 Å². The second-order valence-electron chi connectivity index (χ2n) is 9.06. The molecule has 2 N–H and O–H groups in total. The minimum atomic E-state index is -3.24. The van der Waals surface area contributed by atoms with Gasteiger partial charge in [-0.2, -0.15) is 0 Å². The van der Waals surface area contributed by atoms with Crippen LogP contribution in [0.4, 0.5) is 0 Å². The molecule has 2 rings (SSSR count). The van der Waals surface area contributed by atoms with Gasteiger partial charge in [0.15, 0.2) is 9.84 Å². The van der Waals surface area contributed by atoms with Crippen molar-refractivity contribution in [3.8, 4) is 11.8 Å². The van der Waals surface area contributed by atoms with Crippen LogP contribution >= 0.6 is 0 Å². The summed E-state index contributed by atoms with van der Waals surface area (Å²) in [4.78, 5) is 11.7. The predicted molar refractivity (Wildman–Crippen MR) is 119 cm³/mol.